The summed E-state index contributed by atoms with van der Waals surface area (Å²) < 4.78 is 5.18. The van der Waals surface area contributed by atoms with E-state index in [0.717, 1.165) is 92.5 Å². The number of piperazine rings is 1. The lowest BCUT2D eigenvalue weighted by atomic mass is 9.77. The smallest absolute Gasteiger partial charge is 0.135 e. The number of likely N-dealkylation sites (N-methyl/N-ethyl adjacent to an activating group) is 1. The Morgan fingerprint density at radius 2 is 0.747 bits per heavy atom. The Labute approximate surface area is 494 Å². The molecule has 79 heavy (non-hydrogen) atoms. The Kier molecular flexibility index (Phi) is 36.7. The molecule has 0 aromatic heterocycles. The summed E-state index contributed by atoms with van der Waals surface area (Å²) in [4.78, 5) is 35.6. The van der Waals surface area contributed by atoms with Gasteiger partial charge in [0.2, 0.25) is 0 Å². The van der Waals surface area contributed by atoms with Gasteiger partial charge in [0.1, 0.15) is 5.78 Å². The first-order chi connectivity index (χ1) is 37.1. The number of ether oxygens (including phenoxy) is 1. The minimum atomic E-state index is 0.336. The van der Waals surface area contributed by atoms with E-state index in [1.54, 1.807) is 6.92 Å². The molecule has 12 heteroatoms. The van der Waals surface area contributed by atoms with Crippen LogP contribution in [0.1, 0.15) is 204 Å². The Morgan fingerprint density at radius 3 is 0.962 bits per heavy atom. The van der Waals surface area contributed by atoms with Crippen LogP contribution >= 0.6 is 0 Å². The highest BCUT2D eigenvalue weighted by molar-refractivity contribution is 5.79. The molecule has 1 spiro atoms. The molecule has 470 valence electrons. The van der Waals surface area contributed by atoms with Gasteiger partial charge in [0.05, 0.1) is 13.2 Å². The van der Waals surface area contributed by atoms with Gasteiger partial charge < -0.3 is 34.1 Å². The monoisotopic (exact) mass is 1120 g/mol. The highest BCUT2D eigenvalue weighted by Gasteiger charge is 2.49. The fourth-order valence-electron chi connectivity index (χ4n) is 11.7. The van der Waals surface area contributed by atoms with Crippen molar-refractivity contribution in [3.05, 3.63) is 0 Å². The minimum Gasteiger partial charge on any atom is -0.380 e. The molecule has 0 saturated carbocycles. The highest BCUT2D eigenvalue weighted by Crippen LogP contribution is 2.38. The van der Waals surface area contributed by atoms with Crippen molar-refractivity contribution in [2.75, 3.05) is 145 Å². The number of piperidine rings is 1. The molecule has 0 aliphatic carbocycles. The molecule has 2 atom stereocenters. The van der Waals surface area contributed by atoms with Crippen LogP contribution < -0.4 is 0 Å². The first kappa shape index (κ1) is 74.3. The highest BCUT2D eigenvalue weighted by atomic mass is 16.5. The number of hydrogen-bond donors (Lipinski definition) is 0. The maximum atomic E-state index is 10.8. The van der Waals surface area contributed by atoms with Crippen LogP contribution in [0, 0.1) is 23.2 Å². The number of carbonyl (C=O) groups excluding carboxylic acids is 1. The van der Waals surface area contributed by atoms with Gasteiger partial charge in [-0.3, -0.25) is 24.4 Å². The Bertz CT molecular complexity index is 1470. The summed E-state index contributed by atoms with van der Waals surface area (Å²) in [5.41, 5.74) is 0.601. The third-order valence-electron chi connectivity index (χ3n) is 18.8. The van der Waals surface area contributed by atoms with Crippen molar-refractivity contribution in [1.82, 2.24) is 49.0 Å². The first-order valence-electron chi connectivity index (χ1n) is 33.5. The van der Waals surface area contributed by atoms with Gasteiger partial charge in [-0.2, -0.15) is 0 Å². The SMILES string of the molecule is CC(=O)C1CN(C(C)C)C1.CC(C)N1CC2(COC2)C1.CC(C)N1CCC1.CC(C)N1CCC1C.CC(C)N1CCCC1.CC(C)N1CCCCC1.CC(C)N1CCN(C)CC1.CC1CCN(C(C)C)C1.CC1CN(C(C)C)C1. The summed E-state index contributed by atoms with van der Waals surface area (Å²) in [6.45, 7) is 75.2. The lowest BCUT2D eigenvalue weighted by molar-refractivity contribution is -0.195. The van der Waals surface area contributed by atoms with Gasteiger partial charge in [0, 0.05) is 150 Å². The molecule has 0 aromatic rings. The molecule has 10 heterocycles. The van der Waals surface area contributed by atoms with E-state index in [9.17, 15) is 4.79 Å². The fraction of sp³-hybridized carbons (Fsp3) is 0.985. The molecule has 0 amide bonds. The van der Waals surface area contributed by atoms with E-state index in [2.05, 4.69) is 201 Å². The van der Waals surface area contributed by atoms with E-state index in [0.29, 0.717) is 23.2 Å². The number of hydrogen-bond acceptors (Lipinski definition) is 12. The van der Waals surface area contributed by atoms with Crippen molar-refractivity contribution < 1.29 is 9.53 Å². The van der Waals surface area contributed by atoms with Gasteiger partial charge in [-0.25, -0.2) is 0 Å². The van der Waals surface area contributed by atoms with E-state index in [1.165, 1.54) is 163 Å². The van der Waals surface area contributed by atoms with Crippen molar-refractivity contribution in [2.45, 2.75) is 264 Å². The maximum absolute atomic E-state index is 10.8. The van der Waals surface area contributed by atoms with Crippen LogP contribution in [-0.2, 0) is 9.53 Å². The normalized spacial score (nSPS) is 25.5. The van der Waals surface area contributed by atoms with Crippen LogP contribution in [0.5, 0.6) is 0 Å². The average molecular weight is 1120 g/mol. The number of carbonyl (C=O) groups is 1. The third kappa shape index (κ3) is 29.3. The van der Waals surface area contributed by atoms with Crippen LogP contribution in [0.15, 0.2) is 0 Å². The standard InChI is InChI=1S/C8H18N2.2C8H15NO.2C8H17N.3C7H15N.C6H13N/c1-8(2)10-6-4-9(3)5-7-10;1-7(2)9-3-8(4-9)5-10-6-8;1-6(2)9-4-8(5-9)7(3)10;1-7(2)9-5-4-8(3)6-9;1-8(2)9-6-4-3-5-7-9;1-6(2)8-4-7(3)5-8;1-6(2)8-5-4-7(8)3;1-7(2)8-5-3-4-6-8;1-6(2)7-4-3-5-7/h8H,4-7H2,1-3H3;7H,3-6H2,1-2H3;6,8H,4-5H2,1-3H3;7-8H,4-6H2,1-3H3;8H,3-7H2,1-2H3;2*6-7H,4-5H2,1-3H3;7H,3-6H2,1-2H3;6H,3-5H2,1-2H3. The topological polar surface area (TPSA) is 58.7 Å². The maximum Gasteiger partial charge on any atom is 0.135 e. The van der Waals surface area contributed by atoms with Gasteiger partial charge >= 0.3 is 0 Å². The van der Waals surface area contributed by atoms with Gasteiger partial charge in [-0.15, -0.1) is 0 Å². The zero-order valence-electron chi connectivity index (χ0n) is 57.3. The molecule has 10 rings (SSSR count). The quantitative estimate of drug-likeness (QED) is 0.209. The fourth-order valence-corrected chi connectivity index (χ4v) is 11.7. The third-order valence-corrected chi connectivity index (χ3v) is 18.8. The van der Waals surface area contributed by atoms with Crippen molar-refractivity contribution in [3.63, 3.8) is 0 Å². The van der Waals surface area contributed by atoms with Gasteiger partial charge in [0.15, 0.2) is 0 Å². The molecule has 0 radical (unpaired) electrons. The Morgan fingerprint density at radius 1 is 0.380 bits per heavy atom. The largest absolute Gasteiger partial charge is 0.380 e. The van der Waals surface area contributed by atoms with Gasteiger partial charge in [-0.1, -0.05) is 20.3 Å². The molecule has 0 aromatic carbocycles. The van der Waals surface area contributed by atoms with Crippen LogP contribution in [0.4, 0.5) is 0 Å². The van der Waals surface area contributed by atoms with E-state index < -0.39 is 0 Å². The Balaban J connectivity index is 0.000000304. The van der Waals surface area contributed by atoms with Crippen LogP contribution in [-0.4, -0.2) is 260 Å². The summed E-state index contributed by atoms with van der Waals surface area (Å²) >= 11 is 0. The summed E-state index contributed by atoms with van der Waals surface area (Å²) in [6.07, 6.45) is 11.3. The molecule has 10 aliphatic heterocycles. The van der Waals surface area contributed by atoms with Crippen LogP contribution in [0.25, 0.3) is 0 Å². The Hall–Kier alpha value is -0.770. The van der Waals surface area contributed by atoms with Crippen LogP contribution in [0.3, 0.4) is 0 Å². The molecular weight excluding hydrogens is 977 g/mol. The number of likely N-dealkylation sites (tertiary alicyclic amines) is 8. The summed E-state index contributed by atoms with van der Waals surface area (Å²) in [6, 6.07) is 7.54. The molecule has 0 N–H and O–H groups in total. The number of nitrogens with zero attached hydrogens (tertiary/aromatic N) is 10. The van der Waals surface area contributed by atoms with Crippen molar-refractivity contribution in [1.29, 1.82) is 0 Å². The number of ketones is 1. The molecule has 10 fully saturated rings. The zero-order chi connectivity index (χ0) is 59.6. The second kappa shape index (κ2) is 39.0. The second-order valence-electron chi connectivity index (χ2n) is 28.9. The number of rotatable bonds is 10. The number of Topliss-reactive ketones (excluding diaryl/α,β-unsaturated/α-hetero) is 1. The second-order valence-corrected chi connectivity index (χ2v) is 28.9. The predicted molar refractivity (Wildman–Crippen MR) is 345 cm³/mol. The van der Waals surface area contributed by atoms with Crippen molar-refractivity contribution >= 4 is 5.78 Å². The van der Waals surface area contributed by atoms with Crippen molar-refractivity contribution in [2.24, 2.45) is 23.2 Å². The first-order valence-corrected chi connectivity index (χ1v) is 33.5. The molecule has 12 nitrogen and oxygen atoms in total. The van der Waals surface area contributed by atoms with E-state index >= 15 is 0 Å². The van der Waals surface area contributed by atoms with Gasteiger partial charge in [0.25, 0.3) is 0 Å². The molecule has 0 bridgehead atoms. The van der Waals surface area contributed by atoms with E-state index in [1.807, 2.05) is 0 Å². The lowest BCUT2D eigenvalue weighted by Crippen LogP contribution is -2.67. The summed E-state index contributed by atoms with van der Waals surface area (Å²) in [5.74, 6) is 2.57. The van der Waals surface area contributed by atoms with E-state index in [4.69, 9.17) is 4.74 Å². The summed E-state index contributed by atoms with van der Waals surface area (Å²) in [7, 11) is 2.19. The predicted octanol–water partition coefficient (Wildman–Crippen LogP) is 11.3. The summed E-state index contributed by atoms with van der Waals surface area (Å²) in [5, 5.41) is 0. The zero-order valence-corrected chi connectivity index (χ0v) is 57.3. The molecule has 2 unspecified atom stereocenters. The van der Waals surface area contributed by atoms with Crippen LogP contribution in [0.2, 0.25) is 0 Å². The average Bonchev–Trinajstić information content (AvgIpc) is 4.00. The van der Waals surface area contributed by atoms with E-state index in [-0.39, 0.29) is 0 Å². The molecule has 10 saturated heterocycles. The molecular formula is C67H140N10O2. The molecule has 10 aliphatic rings. The van der Waals surface area contributed by atoms with Crippen molar-refractivity contribution in [3.8, 4) is 0 Å². The van der Waals surface area contributed by atoms with Gasteiger partial charge in [-0.05, 0) is 248 Å². The lowest BCUT2D eigenvalue weighted by Gasteiger charge is -2.56. The minimum absolute atomic E-state index is 0.336.